The zero-order valence-corrected chi connectivity index (χ0v) is 35.0. The Balaban J connectivity index is -0.00000122. The van der Waals surface area contributed by atoms with Crippen LogP contribution in [-0.2, 0) is 19.1 Å². The Morgan fingerprint density at radius 2 is 1.20 bits per heavy atom. The number of hydrogen-bond acceptors (Lipinski definition) is 6. The molecule has 0 radical (unpaired) electrons. The Morgan fingerprint density at radius 1 is 0.700 bits per heavy atom. The predicted molar refractivity (Wildman–Crippen MR) is 213 cm³/mol. The van der Waals surface area contributed by atoms with Gasteiger partial charge in [0.2, 0.25) is 0 Å². The fraction of sp³-hybridized carbons (Fsp3) is 0.814. The van der Waals surface area contributed by atoms with E-state index in [1.54, 1.807) is 0 Å². The summed E-state index contributed by atoms with van der Waals surface area (Å²) in [4.78, 5) is 26.3. The lowest BCUT2D eigenvalue weighted by atomic mass is 9.63. The van der Waals surface area contributed by atoms with Gasteiger partial charge in [-0.05, 0) is 75.2 Å². The van der Waals surface area contributed by atoms with Gasteiger partial charge in [-0.2, -0.15) is 0 Å². The van der Waals surface area contributed by atoms with Crippen molar-refractivity contribution in [3.05, 3.63) is 35.9 Å². The van der Waals surface area contributed by atoms with Crippen molar-refractivity contribution < 1.29 is 29.3 Å². The predicted octanol–water partition coefficient (Wildman–Crippen LogP) is 11.7. The van der Waals surface area contributed by atoms with E-state index in [0.29, 0.717) is 38.7 Å². The smallest absolute Gasteiger partial charge is 0.310 e. The molecule has 296 valence electrons. The van der Waals surface area contributed by atoms with Crippen molar-refractivity contribution in [2.45, 2.75) is 197 Å². The molecule has 0 heterocycles. The van der Waals surface area contributed by atoms with Crippen LogP contribution in [0.25, 0.3) is 0 Å². The van der Waals surface area contributed by atoms with Crippen molar-refractivity contribution in [1.82, 2.24) is 0 Å². The van der Waals surface area contributed by atoms with Crippen molar-refractivity contribution in [3.63, 3.8) is 0 Å². The number of carbonyl (C=O) groups is 2. The van der Waals surface area contributed by atoms with Crippen molar-refractivity contribution in [1.29, 1.82) is 0 Å². The summed E-state index contributed by atoms with van der Waals surface area (Å²) in [5.74, 6) is -2.69. The van der Waals surface area contributed by atoms with Gasteiger partial charge in [0.15, 0.2) is 0 Å². The Kier molecular flexibility index (Phi) is 32.1. The number of nitrogens with two attached hydrogens (primary N) is 1. The lowest BCUT2D eigenvalue weighted by Gasteiger charge is -2.42. The van der Waals surface area contributed by atoms with Crippen LogP contribution in [0.3, 0.4) is 0 Å². The molecule has 3 unspecified atom stereocenters. The molecule has 1 aromatic rings. The van der Waals surface area contributed by atoms with Gasteiger partial charge >= 0.3 is 11.9 Å². The zero-order chi connectivity index (χ0) is 39.2. The molecule has 0 saturated heterocycles. The largest absolute Gasteiger partial charge is 0.481 e. The number of aliphatic carboxylic acids is 1. The summed E-state index contributed by atoms with van der Waals surface area (Å²) in [5.41, 5.74) is 5.67. The fourth-order valence-electron chi connectivity index (χ4n) is 7.09. The molecule has 1 rings (SSSR count). The average molecular weight is 710 g/mol. The van der Waals surface area contributed by atoms with Crippen molar-refractivity contribution in [2.75, 3.05) is 13.2 Å². The molecule has 0 fully saturated rings. The Bertz CT molecular complexity index is 925. The van der Waals surface area contributed by atoms with Crippen molar-refractivity contribution in [2.24, 2.45) is 23.0 Å². The third kappa shape index (κ3) is 17.5. The molecule has 7 nitrogen and oxygen atoms in total. The molecular formula is C43H83NO6. The minimum atomic E-state index is -0.890. The molecule has 0 saturated carbocycles. The van der Waals surface area contributed by atoms with Crippen LogP contribution in [0.5, 0.6) is 0 Å². The summed E-state index contributed by atoms with van der Waals surface area (Å²) in [5, 5.41) is 19.8. The van der Waals surface area contributed by atoms with Gasteiger partial charge in [0, 0.05) is 19.1 Å². The van der Waals surface area contributed by atoms with Crippen LogP contribution in [-0.4, -0.2) is 46.6 Å². The molecule has 0 spiro atoms. The normalized spacial score (nSPS) is 13.3. The first-order valence-corrected chi connectivity index (χ1v) is 20.4. The Hall–Kier alpha value is -1.96. The minimum absolute atomic E-state index is 0.0764. The maximum Gasteiger partial charge on any atom is 0.310 e. The Morgan fingerprint density at radius 3 is 1.58 bits per heavy atom. The van der Waals surface area contributed by atoms with Gasteiger partial charge in [0.1, 0.15) is 5.60 Å². The van der Waals surface area contributed by atoms with Crippen LogP contribution in [0.4, 0.5) is 0 Å². The molecule has 0 aliphatic carbocycles. The van der Waals surface area contributed by atoms with Gasteiger partial charge in [-0.15, -0.1) is 0 Å². The van der Waals surface area contributed by atoms with Crippen LogP contribution in [0.15, 0.2) is 30.3 Å². The number of rotatable bonds is 24. The highest BCUT2D eigenvalue weighted by atomic mass is 16.6. The van der Waals surface area contributed by atoms with Crippen molar-refractivity contribution >= 4 is 11.9 Å². The van der Waals surface area contributed by atoms with E-state index >= 15 is 0 Å². The maximum absolute atomic E-state index is 13.7. The third-order valence-electron chi connectivity index (χ3n) is 10.6. The summed E-state index contributed by atoms with van der Waals surface area (Å²) in [7, 11) is 0. The van der Waals surface area contributed by atoms with E-state index in [-0.39, 0.29) is 24.2 Å². The second-order valence-electron chi connectivity index (χ2n) is 13.1. The van der Waals surface area contributed by atoms with E-state index in [1.807, 2.05) is 80.5 Å². The second-order valence-corrected chi connectivity index (χ2v) is 13.1. The van der Waals surface area contributed by atoms with Gasteiger partial charge in [0.05, 0.1) is 24.0 Å². The number of benzene rings is 1. The highest BCUT2D eigenvalue weighted by Crippen LogP contribution is 2.46. The fourth-order valence-corrected chi connectivity index (χ4v) is 7.09. The van der Waals surface area contributed by atoms with E-state index in [0.717, 1.165) is 57.8 Å². The van der Waals surface area contributed by atoms with E-state index in [4.69, 9.17) is 15.2 Å². The lowest BCUT2D eigenvalue weighted by molar-refractivity contribution is -0.180. The summed E-state index contributed by atoms with van der Waals surface area (Å²) in [6, 6.07) is 10.5. The molecule has 3 atom stereocenters. The summed E-state index contributed by atoms with van der Waals surface area (Å²) in [6.45, 7) is 27.0. The van der Waals surface area contributed by atoms with Gasteiger partial charge < -0.3 is 25.4 Å². The van der Waals surface area contributed by atoms with Gasteiger partial charge in [-0.1, -0.05) is 140 Å². The number of hydrogen-bond donors (Lipinski definition) is 3. The number of carboxylic acid groups (broad SMARTS) is 1. The highest BCUT2D eigenvalue weighted by Gasteiger charge is 2.48. The van der Waals surface area contributed by atoms with E-state index in [9.17, 15) is 19.8 Å². The van der Waals surface area contributed by atoms with Crippen LogP contribution < -0.4 is 5.73 Å². The van der Waals surface area contributed by atoms with Gasteiger partial charge in [0.25, 0.3) is 0 Å². The van der Waals surface area contributed by atoms with Gasteiger partial charge in [-0.3, -0.25) is 9.59 Å². The number of aliphatic hydroxyl groups is 1. The second kappa shape index (κ2) is 30.6. The van der Waals surface area contributed by atoms with Gasteiger partial charge in [-0.25, -0.2) is 0 Å². The topological polar surface area (TPSA) is 119 Å². The van der Waals surface area contributed by atoms with Crippen LogP contribution in [0.2, 0.25) is 0 Å². The van der Waals surface area contributed by atoms with Crippen LogP contribution >= 0.6 is 0 Å². The number of esters is 1. The summed E-state index contributed by atoms with van der Waals surface area (Å²) >= 11 is 0. The van der Waals surface area contributed by atoms with Crippen LogP contribution in [0, 0.1) is 17.3 Å². The molecule has 0 aromatic heterocycles. The van der Waals surface area contributed by atoms with E-state index < -0.39 is 28.8 Å². The molecule has 1 aromatic carbocycles. The first-order chi connectivity index (χ1) is 23.9. The van der Waals surface area contributed by atoms with E-state index in [1.165, 1.54) is 5.56 Å². The number of aliphatic hydroxyl groups excluding tert-OH is 1. The first kappa shape index (κ1) is 52.4. The lowest BCUT2D eigenvalue weighted by Crippen LogP contribution is -2.46. The zero-order valence-electron chi connectivity index (χ0n) is 35.0. The van der Waals surface area contributed by atoms with E-state index in [2.05, 4.69) is 39.8 Å². The molecule has 50 heavy (non-hydrogen) atoms. The number of ether oxygens (including phenoxy) is 2. The monoisotopic (exact) mass is 710 g/mol. The molecular weight excluding hydrogens is 626 g/mol. The molecule has 0 bridgehead atoms. The quantitative estimate of drug-likeness (QED) is 0.0914. The SMILES string of the molecule is CC.CC.CCCC(C(=O)OC(CC)(CC)CCOC(CC)(CC)CCO)C(C(=O)O)C(CC)(CC)CCC.CCCC(N)c1ccccc1. The Labute approximate surface area is 309 Å². The molecule has 0 aliphatic rings. The number of carboxylic acids is 1. The molecule has 0 aliphatic heterocycles. The first-order valence-electron chi connectivity index (χ1n) is 20.4. The highest BCUT2D eigenvalue weighted by molar-refractivity contribution is 5.82. The summed E-state index contributed by atoms with van der Waals surface area (Å²) in [6.07, 6.45) is 10.6. The maximum atomic E-state index is 13.7. The average Bonchev–Trinajstić information content (AvgIpc) is 3.15. The molecule has 4 N–H and O–H groups in total. The molecule has 7 heteroatoms. The molecule has 0 amide bonds. The summed E-state index contributed by atoms with van der Waals surface area (Å²) < 4.78 is 12.5. The third-order valence-corrected chi connectivity index (χ3v) is 10.6. The van der Waals surface area contributed by atoms with Crippen LogP contribution in [0.1, 0.15) is 192 Å². The number of carbonyl (C=O) groups excluding carboxylic acids is 1. The van der Waals surface area contributed by atoms with Crippen molar-refractivity contribution in [3.8, 4) is 0 Å². The standard InChI is InChI=1S/C29H56O6.C10H15N.2C2H6/c1-9-17-23(24(25(31)32)27(11-3,12-4)18-10-2)26(33)35-29(15-7,16-8)20-22-34-28(13-5,14-6)19-21-30;1-2-6-10(11)9-7-4-3-5-8-9;2*1-2/h23-24,30H,9-22H2,1-8H3,(H,31,32);3-5,7-8,10H,2,6,11H2,1H3;2*1-2H3. The minimum Gasteiger partial charge on any atom is -0.481 e.